The number of carbonyl (C=O) groups is 1. The molecule has 7 heteroatoms. The summed E-state index contributed by atoms with van der Waals surface area (Å²) in [5, 5.41) is 19.5. The highest BCUT2D eigenvalue weighted by atomic mass is 19.1. The number of nitrogens with two attached hydrogens (primary N) is 1. The van der Waals surface area contributed by atoms with Gasteiger partial charge >= 0.3 is 0 Å². The fourth-order valence-corrected chi connectivity index (χ4v) is 4.62. The average Bonchev–Trinajstić information content (AvgIpc) is 3.04. The van der Waals surface area contributed by atoms with Crippen LogP contribution in [0.2, 0.25) is 0 Å². The van der Waals surface area contributed by atoms with Crippen LogP contribution in [0.15, 0.2) is 59.1 Å². The van der Waals surface area contributed by atoms with Gasteiger partial charge in [-0.2, -0.15) is 0 Å². The number of carbonyl (C=O) groups excluding carboxylic acids is 1. The van der Waals surface area contributed by atoms with Crippen molar-refractivity contribution in [2.24, 2.45) is 22.1 Å². The Morgan fingerprint density at radius 3 is 2.61 bits per heavy atom. The highest BCUT2D eigenvalue weighted by Crippen LogP contribution is 2.55. The fourth-order valence-electron chi connectivity index (χ4n) is 4.62. The minimum atomic E-state index is -1.41. The van der Waals surface area contributed by atoms with Crippen LogP contribution in [0.25, 0.3) is 0 Å². The summed E-state index contributed by atoms with van der Waals surface area (Å²) < 4.78 is 26.8. The lowest BCUT2D eigenvalue weighted by Crippen LogP contribution is -2.45. The first kappa shape index (κ1) is 22.6. The van der Waals surface area contributed by atoms with Gasteiger partial charge in [-0.1, -0.05) is 24.3 Å². The zero-order valence-electron chi connectivity index (χ0n) is 18.0. The molecule has 2 aromatic rings. The van der Waals surface area contributed by atoms with Crippen LogP contribution < -0.4 is 5.73 Å². The van der Waals surface area contributed by atoms with Gasteiger partial charge in [-0.05, 0) is 67.8 Å². The largest absolute Gasteiger partial charge is 0.377 e. The molecule has 3 atom stereocenters. The van der Waals surface area contributed by atoms with Crippen LogP contribution >= 0.6 is 0 Å². The van der Waals surface area contributed by atoms with Crippen molar-refractivity contribution in [2.75, 3.05) is 0 Å². The maximum Gasteiger partial charge on any atom is 0.250 e. The molecule has 0 aliphatic heterocycles. The van der Waals surface area contributed by atoms with Gasteiger partial charge in [0, 0.05) is 28.8 Å². The lowest BCUT2D eigenvalue weighted by atomic mass is 9.64. The molecule has 3 unspecified atom stereocenters. The Morgan fingerprint density at radius 2 is 1.94 bits per heavy atom. The molecule has 33 heavy (non-hydrogen) atoms. The number of hydrogen-bond acceptors (Lipinski definition) is 4. The first-order valence-electron chi connectivity index (χ1n) is 10.6. The number of halogens is 2. The predicted octanol–water partition coefficient (Wildman–Crippen LogP) is 4.31. The van der Waals surface area contributed by atoms with E-state index in [0.717, 1.165) is 11.6 Å². The number of hydrogen-bond donors (Lipinski definition) is 3. The second kappa shape index (κ2) is 8.38. The number of nitrogens with one attached hydrogen (secondary N) is 1. The normalized spacial score (nSPS) is 27.3. The Hall–Kier alpha value is -3.63. The molecule has 0 heterocycles. The van der Waals surface area contributed by atoms with Crippen LogP contribution in [0.4, 0.5) is 14.5 Å². The van der Waals surface area contributed by atoms with Gasteiger partial charge in [0.1, 0.15) is 17.2 Å². The molecule has 0 aromatic heterocycles. The number of amides is 1. The van der Waals surface area contributed by atoms with Gasteiger partial charge in [-0.3, -0.25) is 9.79 Å². The standard InChI is InChI=1S/C26H23F2N3O2/c1-25-14-17(15-29)23(31-21-6-4-19(27)5-7-21)12-18(25)9-11-26(25,33)10-8-16-2-3-20(28)13-22(16)24(30)32/h2-7,12-13,15,17,29,33H,9,11,14H2,1H3,(H2,30,32). The van der Waals surface area contributed by atoms with Crippen LogP contribution in [-0.4, -0.2) is 28.5 Å². The average molecular weight is 447 g/mol. The van der Waals surface area contributed by atoms with Crippen molar-refractivity contribution in [3.8, 4) is 11.8 Å². The topological polar surface area (TPSA) is 99.5 Å². The summed E-state index contributed by atoms with van der Waals surface area (Å²) in [5.41, 5.74) is 5.63. The van der Waals surface area contributed by atoms with Crippen LogP contribution in [0.5, 0.6) is 0 Å². The van der Waals surface area contributed by atoms with Gasteiger partial charge in [0.2, 0.25) is 5.91 Å². The van der Waals surface area contributed by atoms with Crippen molar-refractivity contribution in [2.45, 2.75) is 31.8 Å². The van der Waals surface area contributed by atoms with E-state index in [-0.39, 0.29) is 22.9 Å². The quantitative estimate of drug-likeness (QED) is 0.482. The molecular formula is C26H23F2N3O2. The van der Waals surface area contributed by atoms with E-state index in [9.17, 15) is 18.7 Å². The maximum absolute atomic E-state index is 13.5. The third-order valence-corrected chi connectivity index (χ3v) is 6.64. The lowest BCUT2D eigenvalue weighted by molar-refractivity contribution is 0.00835. The Labute approximate surface area is 190 Å². The molecule has 1 amide bonds. The monoisotopic (exact) mass is 447 g/mol. The number of rotatable bonds is 3. The van der Waals surface area contributed by atoms with Crippen LogP contribution in [0, 0.1) is 40.2 Å². The highest BCUT2D eigenvalue weighted by Gasteiger charge is 2.55. The number of allylic oxidation sites excluding steroid dienone is 1. The number of primary amides is 1. The van der Waals surface area contributed by atoms with Crippen molar-refractivity contribution in [3.63, 3.8) is 0 Å². The highest BCUT2D eigenvalue weighted by molar-refractivity contribution is 6.08. The molecule has 0 radical (unpaired) electrons. The van der Waals surface area contributed by atoms with Crippen LogP contribution in [0.3, 0.4) is 0 Å². The molecule has 2 aliphatic rings. The maximum atomic E-state index is 13.5. The predicted molar refractivity (Wildman–Crippen MR) is 123 cm³/mol. The summed E-state index contributed by atoms with van der Waals surface area (Å²) in [5.74, 6) is 3.65. The molecule has 4 N–H and O–H groups in total. The second-order valence-electron chi connectivity index (χ2n) is 8.66. The molecule has 4 rings (SSSR count). The Balaban J connectivity index is 1.72. The number of nitrogens with zero attached hydrogens (tertiary/aromatic N) is 1. The molecule has 0 saturated heterocycles. The second-order valence-corrected chi connectivity index (χ2v) is 8.66. The molecule has 1 fully saturated rings. The summed E-state index contributed by atoms with van der Waals surface area (Å²) in [6.07, 6.45) is 4.55. The third-order valence-electron chi connectivity index (χ3n) is 6.64. The van der Waals surface area contributed by atoms with E-state index in [2.05, 4.69) is 16.8 Å². The van der Waals surface area contributed by atoms with Gasteiger partial charge in [-0.15, -0.1) is 0 Å². The van der Waals surface area contributed by atoms with Crippen molar-refractivity contribution in [3.05, 3.63) is 76.9 Å². The Kier molecular flexibility index (Phi) is 5.73. The smallest absolute Gasteiger partial charge is 0.250 e. The van der Waals surface area contributed by atoms with E-state index in [0.29, 0.717) is 30.7 Å². The van der Waals surface area contributed by atoms with E-state index in [4.69, 9.17) is 11.1 Å². The molecule has 0 bridgehead atoms. The minimum Gasteiger partial charge on any atom is -0.377 e. The molecule has 5 nitrogen and oxygen atoms in total. The Morgan fingerprint density at radius 1 is 1.24 bits per heavy atom. The zero-order chi connectivity index (χ0) is 23.8. The van der Waals surface area contributed by atoms with Gasteiger partial charge in [0.25, 0.3) is 0 Å². The lowest BCUT2D eigenvalue weighted by Gasteiger charge is -2.41. The summed E-state index contributed by atoms with van der Waals surface area (Å²) in [6.45, 7) is 1.91. The molecule has 2 aliphatic carbocycles. The molecular weight excluding hydrogens is 424 g/mol. The first-order valence-corrected chi connectivity index (χ1v) is 10.6. The van der Waals surface area contributed by atoms with E-state index in [1.54, 1.807) is 12.1 Å². The first-order chi connectivity index (χ1) is 15.6. The van der Waals surface area contributed by atoms with Crippen LogP contribution in [-0.2, 0) is 0 Å². The number of aliphatic imine (C=N–C) groups is 1. The molecule has 2 aromatic carbocycles. The van der Waals surface area contributed by atoms with E-state index >= 15 is 0 Å². The summed E-state index contributed by atoms with van der Waals surface area (Å²) >= 11 is 0. The van der Waals surface area contributed by atoms with Crippen molar-refractivity contribution >= 4 is 23.5 Å². The van der Waals surface area contributed by atoms with Gasteiger partial charge < -0.3 is 16.2 Å². The van der Waals surface area contributed by atoms with E-state index in [1.165, 1.54) is 30.5 Å². The van der Waals surface area contributed by atoms with Crippen molar-refractivity contribution in [1.82, 2.24) is 0 Å². The fraction of sp³-hybridized carbons (Fsp3) is 0.269. The SMILES string of the molecule is CC12CC(C=N)C(=Nc3ccc(F)cc3)C=C1CCC2(O)C#Cc1ccc(F)cc1C(N)=O. The molecule has 168 valence electrons. The number of aliphatic hydroxyl groups is 1. The van der Waals surface area contributed by atoms with E-state index < -0.39 is 22.7 Å². The number of benzene rings is 2. The van der Waals surface area contributed by atoms with Crippen molar-refractivity contribution in [1.29, 1.82) is 5.41 Å². The summed E-state index contributed by atoms with van der Waals surface area (Å²) in [4.78, 5) is 16.3. The van der Waals surface area contributed by atoms with Gasteiger partial charge in [0.15, 0.2) is 0 Å². The third kappa shape index (κ3) is 4.10. The summed E-state index contributed by atoms with van der Waals surface area (Å²) in [6, 6.07) is 9.40. The van der Waals surface area contributed by atoms with Crippen LogP contribution in [0.1, 0.15) is 42.1 Å². The zero-order valence-corrected chi connectivity index (χ0v) is 18.0. The molecule has 0 spiro atoms. The van der Waals surface area contributed by atoms with Crippen molar-refractivity contribution < 1.29 is 18.7 Å². The number of fused-ring (bicyclic) bond motifs is 1. The van der Waals surface area contributed by atoms with Gasteiger partial charge in [0.05, 0.1) is 11.3 Å². The Bertz CT molecular complexity index is 1260. The summed E-state index contributed by atoms with van der Waals surface area (Å²) in [7, 11) is 0. The minimum absolute atomic E-state index is 0.0419. The molecule has 1 saturated carbocycles. The van der Waals surface area contributed by atoms with Gasteiger partial charge in [-0.25, -0.2) is 8.78 Å². The van der Waals surface area contributed by atoms with E-state index in [1.807, 2.05) is 13.0 Å².